The van der Waals surface area contributed by atoms with Crippen LogP contribution in [-0.2, 0) is 0 Å². The van der Waals surface area contributed by atoms with Gasteiger partial charge in [0, 0.05) is 23.5 Å². The Labute approximate surface area is 96.0 Å². The number of carbonyl (C=O) groups is 1. The first kappa shape index (κ1) is 10.9. The maximum atomic E-state index is 10.8. The number of anilines is 1. The summed E-state index contributed by atoms with van der Waals surface area (Å²) in [5.74, 6) is 0. The number of rotatable bonds is 2. The van der Waals surface area contributed by atoms with Gasteiger partial charge < -0.3 is 10.1 Å². The Kier molecular flexibility index (Phi) is 2.87. The standard InChI is InChI=1S/C11H9N3O3/c15-10-12-5-7(6-13-10)8-3-1-2-4-9(8)14-11(16)17/h1-6,14H,(H,16,17)(H,12,13,15). The average molecular weight is 231 g/mol. The molecular formula is C11H9N3O3. The summed E-state index contributed by atoms with van der Waals surface area (Å²) in [7, 11) is 0. The minimum absolute atomic E-state index is 0.439. The highest BCUT2D eigenvalue weighted by Crippen LogP contribution is 2.25. The average Bonchev–Trinajstić information content (AvgIpc) is 2.30. The van der Waals surface area contributed by atoms with Crippen molar-refractivity contribution in [3.05, 3.63) is 47.1 Å². The highest BCUT2D eigenvalue weighted by atomic mass is 16.4. The van der Waals surface area contributed by atoms with Crippen LogP contribution in [0.25, 0.3) is 11.1 Å². The summed E-state index contributed by atoms with van der Waals surface area (Å²) in [4.78, 5) is 27.5. The van der Waals surface area contributed by atoms with Gasteiger partial charge in [-0.1, -0.05) is 18.2 Å². The van der Waals surface area contributed by atoms with E-state index >= 15 is 0 Å². The molecule has 0 spiro atoms. The Bertz CT molecular complexity index is 586. The normalized spacial score (nSPS) is 9.88. The Morgan fingerprint density at radius 1 is 1.35 bits per heavy atom. The number of aromatic nitrogens is 2. The molecule has 0 aliphatic rings. The van der Waals surface area contributed by atoms with Crippen LogP contribution in [0, 0.1) is 0 Å². The second-order valence-electron chi connectivity index (χ2n) is 3.28. The lowest BCUT2D eigenvalue weighted by Gasteiger charge is -2.07. The van der Waals surface area contributed by atoms with Crippen LogP contribution in [0.15, 0.2) is 41.5 Å². The lowest BCUT2D eigenvalue weighted by Crippen LogP contribution is -2.10. The van der Waals surface area contributed by atoms with Crippen molar-refractivity contribution in [1.82, 2.24) is 9.97 Å². The summed E-state index contributed by atoms with van der Waals surface area (Å²) in [5.41, 5.74) is 1.28. The quantitative estimate of drug-likeness (QED) is 0.730. The van der Waals surface area contributed by atoms with Gasteiger partial charge in [-0.25, -0.2) is 14.6 Å². The molecule has 0 saturated heterocycles. The lowest BCUT2D eigenvalue weighted by molar-refractivity contribution is 0.210. The molecule has 0 aliphatic heterocycles. The van der Waals surface area contributed by atoms with Crippen molar-refractivity contribution < 1.29 is 9.90 Å². The molecule has 0 fully saturated rings. The van der Waals surface area contributed by atoms with E-state index in [1.54, 1.807) is 24.3 Å². The molecule has 1 aromatic carbocycles. The van der Waals surface area contributed by atoms with Crippen LogP contribution < -0.4 is 11.0 Å². The second kappa shape index (κ2) is 4.48. The predicted molar refractivity (Wildman–Crippen MR) is 61.9 cm³/mol. The van der Waals surface area contributed by atoms with Crippen LogP contribution >= 0.6 is 0 Å². The summed E-state index contributed by atoms with van der Waals surface area (Å²) in [6.45, 7) is 0. The number of nitrogens with one attached hydrogen (secondary N) is 2. The summed E-state index contributed by atoms with van der Waals surface area (Å²) in [6.07, 6.45) is 1.73. The van der Waals surface area contributed by atoms with E-state index in [1.165, 1.54) is 12.4 Å². The molecule has 0 unspecified atom stereocenters. The third-order valence-electron chi connectivity index (χ3n) is 2.15. The van der Waals surface area contributed by atoms with Gasteiger partial charge in [0.2, 0.25) is 0 Å². The largest absolute Gasteiger partial charge is 0.465 e. The number of para-hydroxylation sites is 1. The molecule has 2 rings (SSSR count). The van der Waals surface area contributed by atoms with Crippen molar-refractivity contribution in [1.29, 1.82) is 0 Å². The molecule has 0 aliphatic carbocycles. The SMILES string of the molecule is O=C(O)Nc1ccccc1-c1cnc(=O)[nH]c1. The van der Waals surface area contributed by atoms with Crippen LogP contribution in [0.2, 0.25) is 0 Å². The molecule has 2 aromatic rings. The Hall–Kier alpha value is -2.63. The summed E-state index contributed by atoms with van der Waals surface area (Å²) in [5, 5.41) is 11.0. The number of amides is 1. The van der Waals surface area contributed by atoms with Crippen molar-refractivity contribution in [2.45, 2.75) is 0 Å². The number of carboxylic acid groups (broad SMARTS) is 1. The van der Waals surface area contributed by atoms with E-state index in [2.05, 4.69) is 15.3 Å². The number of aromatic amines is 1. The van der Waals surface area contributed by atoms with E-state index in [9.17, 15) is 9.59 Å². The molecule has 0 radical (unpaired) electrons. The zero-order chi connectivity index (χ0) is 12.3. The molecule has 17 heavy (non-hydrogen) atoms. The van der Waals surface area contributed by atoms with E-state index < -0.39 is 11.8 Å². The third-order valence-corrected chi connectivity index (χ3v) is 2.15. The summed E-state index contributed by atoms with van der Waals surface area (Å²) >= 11 is 0. The topological polar surface area (TPSA) is 95.1 Å². The Morgan fingerprint density at radius 3 is 2.76 bits per heavy atom. The number of H-pyrrole nitrogens is 1. The van der Waals surface area contributed by atoms with E-state index in [0.29, 0.717) is 16.8 Å². The zero-order valence-electron chi connectivity index (χ0n) is 8.68. The van der Waals surface area contributed by atoms with Crippen molar-refractivity contribution in [2.75, 3.05) is 5.32 Å². The van der Waals surface area contributed by atoms with Crippen LogP contribution in [0.5, 0.6) is 0 Å². The fraction of sp³-hybridized carbons (Fsp3) is 0. The van der Waals surface area contributed by atoms with Crippen molar-refractivity contribution in [3.8, 4) is 11.1 Å². The molecule has 3 N–H and O–H groups in total. The monoisotopic (exact) mass is 231 g/mol. The molecule has 86 valence electrons. The maximum Gasteiger partial charge on any atom is 0.409 e. The minimum atomic E-state index is -1.14. The third kappa shape index (κ3) is 2.49. The van der Waals surface area contributed by atoms with Gasteiger partial charge in [-0.05, 0) is 6.07 Å². The van der Waals surface area contributed by atoms with Gasteiger partial charge in [0.05, 0.1) is 5.69 Å². The van der Waals surface area contributed by atoms with Crippen LogP contribution in [0.3, 0.4) is 0 Å². The number of benzene rings is 1. The second-order valence-corrected chi connectivity index (χ2v) is 3.28. The smallest absolute Gasteiger partial charge is 0.409 e. The van der Waals surface area contributed by atoms with E-state index in [1.807, 2.05) is 0 Å². The maximum absolute atomic E-state index is 10.8. The van der Waals surface area contributed by atoms with Crippen LogP contribution in [0.4, 0.5) is 10.5 Å². The zero-order valence-corrected chi connectivity index (χ0v) is 8.68. The number of nitrogens with zero attached hydrogens (tertiary/aromatic N) is 1. The van der Waals surface area contributed by atoms with E-state index in [4.69, 9.17) is 5.11 Å². The molecule has 0 saturated carbocycles. The Balaban J connectivity index is 2.47. The fourth-order valence-corrected chi connectivity index (χ4v) is 1.45. The molecule has 6 heteroatoms. The van der Waals surface area contributed by atoms with Gasteiger partial charge in [0.1, 0.15) is 0 Å². The van der Waals surface area contributed by atoms with Gasteiger partial charge in [-0.15, -0.1) is 0 Å². The fourth-order valence-electron chi connectivity index (χ4n) is 1.45. The highest BCUT2D eigenvalue weighted by molar-refractivity contribution is 5.90. The molecule has 1 aromatic heterocycles. The first-order chi connectivity index (χ1) is 8.16. The molecule has 1 amide bonds. The Morgan fingerprint density at radius 2 is 2.12 bits per heavy atom. The molecule has 0 bridgehead atoms. The number of hydrogen-bond donors (Lipinski definition) is 3. The van der Waals surface area contributed by atoms with Crippen molar-refractivity contribution >= 4 is 11.8 Å². The van der Waals surface area contributed by atoms with Gasteiger partial charge in [-0.3, -0.25) is 5.32 Å². The van der Waals surface area contributed by atoms with Crippen molar-refractivity contribution in [2.24, 2.45) is 0 Å². The van der Waals surface area contributed by atoms with Crippen molar-refractivity contribution in [3.63, 3.8) is 0 Å². The summed E-state index contributed by atoms with van der Waals surface area (Å²) in [6, 6.07) is 6.86. The molecule has 6 nitrogen and oxygen atoms in total. The highest BCUT2D eigenvalue weighted by Gasteiger charge is 2.06. The van der Waals surface area contributed by atoms with E-state index in [0.717, 1.165) is 0 Å². The van der Waals surface area contributed by atoms with Gasteiger partial charge >= 0.3 is 11.8 Å². The molecule has 1 heterocycles. The van der Waals surface area contributed by atoms with Crippen LogP contribution in [-0.4, -0.2) is 21.2 Å². The number of hydrogen-bond acceptors (Lipinski definition) is 3. The van der Waals surface area contributed by atoms with Gasteiger partial charge in [0.25, 0.3) is 0 Å². The lowest BCUT2D eigenvalue weighted by atomic mass is 10.1. The first-order valence-electron chi connectivity index (χ1n) is 4.81. The summed E-state index contributed by atoms with van der Waals surface area (Å²) < 4.78 is 0. The minimum Gasteiger partial charge on any atom is -0.465 e. The first-order valence-corrected chi connectivity index (χ1v) is 4.81. The van der Waals surface area contributed by atoms with E-state index in [-0.39, 0.29) is 0 Å². The molecular weight excluding hydrogens is 222 g/mol. The van der Waals surface area contributed by atoms with Gasteiger partial charge in [-0.2, -0.15) is 0 Å². The van der Waals surface area contributed by atoms with Gasteiger partial charge in [0.15, 0.2) is 0 Å². The predicted octanol–water partition coefficient (Wildman–Crippen LogP) is 1.53. The van der Waals surface area contributed by atoms with Crippen LogP contribution in [0.1, 0.15) is 0 Å². The molecule has 0 atom stereocenters.